The molecule has 0 unspecified atom stereocenters. The van der Waals surface area contributed by atoms with Crippen molar-refractivity contribution in [2.24, 2.45) is 5.92 Å². The lowest BCUT2D eigenvalue weighted by molar-refractivity contribution is -0.119. The lowest BCUT2D eigenvalue weighted by atomic mass is 9.93. The van der Waals surface area contributed by atoms with Crippen molar-refractivity contribution in [3.8, 4) is 11.1 Å². The highest BCUT2D eigenvalue weighted by Gasteiger charge is 2.19. The van der Waals surface area contributed by atoms with E-state index in [1.165, 1.54) is 7.11 Å². The van der Waals surface area contributed by atoms with E-state index in [9.17, 15) is 9.59 Å². The maximum Gasteiger partial charge on any atom is 0.250 e. The smallest absolute Gasteiger partial charge is 0.250 e. The van der Waals surface area contributed by atoms with Crippen LogP contribution in [0.15, 0.2) is 48.5 Å². The predicted octanol–water partition coefficient (Wildman–Crippen LogP) is 3.61. The molecule has 1 fully saturated rings. The minimum Gasteiger partial charge on any atom is -0.375 e. The fourth-order valence-corrected chi connectivity index (χ4v) is 3.56. The molecule has 0 radical (unpaired) electrons. The molecule has 0 bridgehead atoms. The summed E-state index contributed by atoms with van der Waals surface area (Å²) in [6.45, 7) is 2.18. The van der Waals surface area contributed by atoms with Crippen LogP contribution in [0.5, 0.6) is 0 Å². The van der Waals surface area contributed by atoms with Gasteiger partial charge in [0.15, 0.2) is 0 Å². The van der Waals surface area contributed by atoms with E-state index in [-0.39, 0.29) is 18.4 Å². The number of nitrogens with zero attached hydrogens (tertiary/aromatic N) is 1. The summed E-state index contributed by atoms with van der Waals surface area (Å²) >= 11 is 0. The van der Waals surface area contributed by atoms with Crippen molar-refractivity contribution in [1.82, 2.24) is 4.90 Å². The van der Waals surface area contributed by atoms with Gasteiger partial charge in [-0.05, 0) is 74.3 Å². The number of methoxy groups -OCH3 is 1. The van der Waals surface area contributed by atoms with Crippen LogP contribution in [0.1, 0.15) is 19.3 Å². The van der Waals surface area contributed by atoms with Gasteiger partial charge in [-0.1, -0.05) is 24.3 Å². The third-order valence-electron chi connectivity index (χ3n) is 5.26. The molecule has 1 aliphatic rings. The van der Waals surface area contributed by atoms with Crippen LogP contribution in [0.2, 0.25) is 0 Å². The Balaban J connectivity index is 1.53. The minimum atomic E-state index is -0.180. The van der Waals surface area contributed by atoms with Gasteiger partial charge in [0.25, 0.3) is 0 Å². The van der Waals surface area contributed by atoms with Gasteiger partial charge in [0, 0.05) is 24.9 Å². The van der Waals surface area contributed by atoms with Crippen LogP contribution in [0, 0.1) is 5.92 Å². The van der Waals surface area contributed by atoms with E-state index >= 15 is 0 Å². The van der Waals surface area contributed by atoms with Gasteiger partial charge in [-0.15, -0.1) is 0 Å². The standard InChI is InChI=1S/C23H29N3O3/c1-26-13-11-17(12-14-26)15-22(27)24-20-7-3-18(4-8-20)19-5-9-21(10-6-19)25-23(28)16-29-2/h3-10,17H,11-16H2,1-2H3,(H,24,27)(H,25,28). The van der Waals surface area contributed by atoms with Gasteiger partial charge < -0.3 is 20.3 Å². The first-order valence-electron chi connectivity index (χ1n) is 10.0. The highest BCUT2D eigenvalue weighted by atomic mass is 16.5. The molecule has 0 aliphatic carbocycles. The van der Waals surface area contributed by atoms with Crippen molar-refractivity contribution >= 4 is 23.2 Å². The Morgan fingerprint density at radius 2 is 1.38 bits per heavy atom. The van der Waals surface area contributed by atoms with Gasteiger partial charge >= 0.3 is 0 Å². The quantitative estimate of drug-likeness (QED) is 0.751. The Labute approximate surface area is 172 Å². The summed E-state index contributed by atoms with van der Waals surface area (Å²) in [7, 11) is 3.62. The Morgan fingerprint density at radius 3 is 1.86 bits per heavy atom. The molecule has 6 heteroatoms. The first-order valence-corrected chi connectivity index (χ1v) is 10.0. The Morgan fingerprint density at radius 1 is 0.897 bits per heavy atom. The zero-order valence-corrected chi connectivity index (χ0v) is 17.1. The number of amides is 2. The first kappa shape index (κ1) is 21.0. The zero-order chi connectivity index (χ0) is 20.6. The molecular formula is C23H29N3O3. The fourth-order valence-electron chi connectivity index (χ4n) is 3.56. The van der Waals surface area contributed by atoms with Gasteiger partial charge in [-0.25, -0.2) is 0 Å². The second-order valence-electron chi connectivity index (χ2n) is 7.63. The third kappa shape index (κ3) is 6.41. The van der Waals surface area contributed by atoms with Gasteiger partial charge in [-0.3, -0.25) is 9.59 Å². The summed E-state index contributed by atoms with van der Waals surface area (Å²) in [4.78, 5) is 26.2. The molecule has 0 spiro atoms. The van der Waals surface area contributed by atoms with E-state index in [0.717, 1.165) is 48.4 Å². The monoisotopic (exact) mass is 395 g/mol. The summed E-state index contributed by atoms with van der Waals surface area (Å²) in [5, 5.41) is 5.78. The normalized spacial score (nSPS) is 15.1. The van der Waals surface area contributed by atoms with Crippen molar-refractivity contribution in [2.75, 3.05) is 44.5 Å². The van der Waals surface area contributed by atoms with E-state index < -0.39 is 0 Å². The van der Waals surface area contributed by atoms with Gasteiger partial charge in [0.2, 0.25) is 11.8 Å². The Kier molecular flexibility index (Phi) is 7.38. The molecule has 0 atom stereocenters. The molecule has 29 heavy (non-hydrogen) atoms. The molecule has 6 nitrogen and oxygen atoms in total. The molecule has 1 heterocycles. The third-order valence-corrected chi connectivity index (χ3v) is 5.26. The van der Waals surface area contributed by atoms with Crippen molar-refractivity contribution in [3.05, 3.63) is 48.5 Å². The highest BCUT2D eigenvalue weighted by Crippen LogP contribution is 2.24. The van der Waals surface area contributed by atoms with Crippen LogP contribution in [-0.2, 0) is 14.3 Å². The number of nitrogens with one attached hydrogen (secondary N) is 2. The minimum absolute atomic E-state index is 0.0345. The molecule has 1 aliphatic heterocycles. The van der Waals surface area contributed by atoms with Gasteiger partial charge in [0.1, 0.15) is 6.61 Å². The molecule has 2 amide bonds. The largest absolute Gasteiger partial charge is 0.375 e. The maximum absolute atomic E-state index is 12.3. The summed E-state index contributed by atoms with van der Waals surface area (Å²) in [5.41, 5.74) is 3.63. The number of anilines is 2. The number of rotatable bonds is 7. The zero-order valence-electron chi connectivity index (χ0n) is 17.1. The molecule has 2 aromatic rings. The fraction of sp³-hybridized carbons (Fsp3) is 0.391. The Hall–Kier alpha value is -2.70. The average Bonchev–Trinajstić information content (AvgIpc) is 2.71. The number of piperidine rings is 1. The predicted molar refractivity (Wildman–Crippen MR) is 116 cm³/mol. The summed E-state index contributed by atoms with van der Waals surface area (Å²) in [6.07, 6.45) is 2.77. The first-order chi connectivity index (χ1) is 14.0. The maximum atomic E-state index is 12.3. The second-order valence-corrected chi connectivity index (χ2v) is 7.63. The van der Waals surface area contributed by atoms with Gasteiger partial charge in [-0.2, -0.15) is 0 Å². The molecule has 154 valence electrons. The SMILES string of the molecule is COCC(=O)Nc1ccc(-c2ccc(NC(=O)CC3CCN(C)CC3)cc2)cc1. The van der Waals surface area contributed by atoms with Crippen LogP contribution >= 0.6 is 0 Å². The van der Waals surface area contributed by atoms with Crippen molar-refractivity contribution in [3.63, 3.8) is 0 Å². The number of hydrogen-bond acceptors (Lipinski definition) is 4. The van der Waals surface area contributed by atoms with E-state index in [4.69, 9.17) is 4.74 Å². The van der Waals surface area contributed by atoms with Crippen molar-refractivity contribution in [2.45, 2.75) is 19.3 Å². The number of likely N-dealkylation sites (tertiary alicyclic amines) is 1. The summed E-state index contributed by atoms with van der Waals surface area (Å²) in [6, 6.07) is 15.5. The van der Waals surface area contributed by atoms with E-state index in [1.54, 1.807) is 0 Å². The number of ether oxygens (including phenoxy) is 1. The topological polar surface area (TPSA) is 70.7 Å². The molecule has 0 saturated carbocycles. The lowest BCUT2D eigenvalue weighted by Crippen LogP contribution is -2.31. The number of hydrogen-bond donors (Lipinski definition) is 2. The highest BCUT2D eigenvalue weighted by molar-refractivity contribution is 5.92. The van der Waals surface area contributed by atoms with E-state index in [2.05, 4.69) is 22.6 Å². The van der Waals surface area contributed by atoms with Crippen molar-refractivity contribution < 1.29 is 14.3 Å². The van der Waals surface area contributed by atoms with Gasteiger partial charge in [0.05, 0.1) is 0 Å². The van der Waals surface area contributed by atoms with Crippen LogP contribution in [0.4, 0.5) is 11.4 Å². The van der Waals surface area contributed by atoms with Crippen LogP contribution in [0.3, 0.4) is 0 Å². The molecule has 1 saturated heterocycles. The lowest BCUT2D eigenvalue weighted by Gasteiger charge is -2.28. The Bertz CT molecular complexity index is 810. The number of benzene rings is 2. The molecule has 2 N–H and O–H groups in total. The molecule has 2 aromatic carbocycles. The van der Waals surface area contributed by atoms with Crippen LogP contribution in [0.25, 0.3) is 11.1 Å². The number of carbonyl (C=O) groups excluding carboxylic acids is 2. The van der Waals surface area contributed by atoms with E-state index in [0.29, 0.717) is 12.3 Å². The summed E-state index contributed by atoms with van der Waals surface area (Å²) in [5.74, 6) is 0.386. The van der Waals surface area contributed by atoms with Crippen LogP contribution in [-0.4, -0.2) is 50.6 Å². The molecule has 3 rings (SSSR count). The second kappa shape index (κ2) is 10.2. The van der Waals surface area contributed by atoms with E-state index in [1.807, 2.05) is 48.5 Å². The van der Waals surface area contributed by atoms with Crippen LogP contribution < -0.4 is 10.6 Å². The number of carbonyl (C=O) groups is 2. The van der Waals surface area contributed by atoms with Crippen molar-refractivity contribution in [1.29, 1.82) is 0 Å². The average molecular weight is 396 g/mol. The summed E-state index contributed by atoms with van der Waals surface area (Å²) < 4.78 is 4.81. The molecule has 0 aromatic heterocycles. The molecular weight excluding hydrogens is 366 g/mol.